The van der Waals surface area contributed by atoms with Gasteiger partial charge in [0.05, 0.1) is 0 Å². The number of unbranched alkanes of at least 4 members (excludes halogenated alkanes) is 1. The highest BCUT2D eigenvalue weighted by atomic mass is 32.2. The smallest absolute Gasteiger partial charge is 0.376 e. The van der Waals surface area contributed by atoms with Gasteiger partial charge < -0.3 is 4.18 Å². The van der Waals surface area contributed by atoms with Gasteiger partial charge in [0.2, 0.25) is 0 Å². The molecule has 1 aromatic rings. The van der Waals surface area contributed by atoms with Crippen molar-refractivity contribution in [2.75, 3.05) is 0 Å². The Balaban J connectivity index is 2.54. The summed E-state index contributed by atoms with van der Waals surface area (Å²) in [6.07, 6.45) is -4.64. The fraction of sp³-hybridized carbons (Fsp3) is 0.500. The van der Waals surface area contributed by atoms with E-state index in [2.05, 4.69) is 4.18 Å². The molecule has 1 rings (SSSR count). The zero-order valence-corrected chi connectivity index (χ0v) is 11.9. The van der Waals surface area contributed by atoms with E-state index in [0.29, 0.717) is 12.0 Å². The van der Waals surface area contributed by atoms with Crippen molar-refractivity contribution in [2.24, 2.45) is 0 Å². The first kappa shape index (κ1) is 18.6. The Morgan fingerprint density at radius 1 is 0.909 bits per heavy atom. The SMILES string of the molecule is O=S(=O)(Oc1ccc(CCCCC(F)(F)F)cc1)C(F)(F)F. The van der Waals surface area contributed by atoms with E-state index in [-0.39, 0.29) is 12.8 Å². The Morgan fingerprint density at radius 3 is 1.91 bits per heavy atom. The first-order chi connectivity index (χ1) is 9.91. The quantitative estimate of drug-likeness (QED) is 0.334. The van der Waals surface area contributed by atoms with Gasteiger partial charge in [0.1, 0.15) is 5.75 Å². The molecule has 0 fully saturated rings. The molecule has 0 unspecified atom stereocenters. The van der Waals surface area contributed by atoms with Crippen molar-refractivity contribution in [2.45, 2.75) is 37.4 Å². The summed E-state index contributed by atoms with van der Waals surface area (Å²) < 4.78 is 97.5. The maximum Gasteiger partial charge on any atom is 0.534 e. The molecule has 3 nitrogen and oxygen atoms in total. The van der Waals surface area contributed by atoms with E-state index in [0.717, 1.165) is 12.1 Å². The van der Waals surface area contributed by atoms with E-state index in [9.17, 15) is 34.8 Å². The van der Waals surface area contributed by atoms with Crippen LogP contribution in [0.15, 0.2) is 24.3 Å². The van der Waals surface area contributed by atoms with Crippen LogP contribution in [-0.2, 0) is 16.5 Å². The molecule has 0 aliphatic carbocycles. The molecule has 0 atom stereocenters. The topological polar surface area (TPSA) is 43.4 Å². The average Bonchev–Trinajstić information content (AvgIpc) is 2.33. The highest BCUT2D eigenvalue weighted by Gasteiger charge is 2.48. The Morgan fingerprint density at radius 2 is 1.45 bits per heavy atom. The van der Waals surface area contributed by atoms with Gasteiger partial charge in [0.15, 0.2) is 0 Å². The minimum Gasteiger partial charge on any atom is -0.376 e. The Kier molecular flexibility index (Phi) is 5.71. The van der Waals surface area contributed by atoms with Crippen LogP contribution in [0.5, 0.6) is 5.75 Å². The van der Waals surface area contributed by atoms with E-state index in [1.165, 1.54) is 12.1 Å². The zero-order valence-electron chi connectivity index (χ0n) is 11.0. The molecule has 0 saturated heterocycles. The first-order valence-corrected chi connectivity index (χ1v) is 7.48. The molecule has 0 amide bonds. The monoisotopic (exact) mass is 350 g/mol. The Labute approximate surface area is 123 Å². The van der Waals surface area contributed by atoms with Crippen LogP contribution >= 0.6 is 0 Å². The minimum atomic E-state index is -5.73. The summed E-state index contributed by atoms with van der Waals surface area (Å²) in [5.41, 5.74) is -4.96. The summed E-state index contributed by atoms with van der Waals surface area (Å²) >= 11 is 0. The van der Waals surface area contributed by atoms with Crippen molar-refractivity contribution in [3.05, 3.63) is 29.8 Å². The van der Waals surface area contributed by atoms with Crippen molar-refractivity contribution in [3.8, 4) is 5.75 Å². The zero-order chi connectivity index (χ0) is 17.0. The lowest BCUT2D eigenvalue weighted by Crippen LogP contribution is -2.28. The third-order valence-electron chi connectivity index (χ3n) is 2.59. The molecule has 0 aromatic heterocycles. The fourth-order valence-corrected chi connectivity index (χ4v) is 2.00. The van der Waals surface area contributed by atoms with Gasteiger partial charge in [0.25, 0.3) is 0 Å². The number of halogens is 6. The van der Waals surface area contributed by atoms with E-state index in [1.54, 1.807) is 0 Å². The molecular weight excluding hydrogens is 338 g/mol. The van der Waals surface area contributed by atoms with Crippen molar-refractivity contribution in [1.82, 2.24) is 0 Å². The van der Waals surface area contributed by atoms with Crippen molar-refractivity contribution in [3.63, 3.8) is 0 Å². The lowest BCUT2D eigenvalue weighted by atomic mass is 10.1. The molecule has 1 aromatic carbocycles. The second kappa shape index (κ2) is 6.76. The lowest BCUT2D eigenvalue weighted by molar-refractivity contribution is -0.135. The second-order valence-corrected chi connectivity index (χ2v) is 5.99. The average molecular weight is 350 g/mol. The molecule has 0 radical (unpaired) electrons. The fourth-order valence-electron chi connectivity index (χ4n) is 1.54. The van der Waals surface area contributed by atoms with E-state index in [4.69, 9.17) is 0 Å². The predicted octanol–water partition coefficient (Wildman–Crippen LogP) is 4.19. The van der Waals surface area contributed by atoms with Crippen LogP contribution in [0.1, 0.15) is 24.8 Å². The third-order valence-corrected chi connectivity index (χ3v) is 3.57. The molecule has 0 saturated carbocycles. The van der Waals surface area contributed by atoms with E-state index in [1.807, 2.05) is 0 Å². The van der Waals surface area contributed by atoms with Gasteiger partial charge >= 0.3 is 21.8 Å². The van der Waals surface area contributed by atoms with Crippen molar-refractivity contribution < 1.29 is 38.9 Å². The van der Waals surface area contributed by atoms with Crippen LogP contribution in [0.4, 0.5) is 26.3 Å². The molecule has 22 heavy (non-hydrogen) atoms. The van der Waals surface area contributed by atoms with Gasteiger partial charge in [-0.3, -0.25) is 0 Å². The Bertz CT molecular complexity index is 574. The van der Waals surface area contributed by atoms with Crippen LogP contribution in [0.25, 0.3) is 0 Å². The van der Waals surface area contributed by atoms with Crippen LogP contribution in [-0.4, -0.2) is 20.1 Å². The van der Waals surface area contributed by atoms with Crippen molar-refractivity contribution in [1.29, 1.82) is 0 Å². The summed E-state index contributed by atoms with van der Waals surface area (Å²) in [4.78, 5) is 0. The molecule has 0 N–H and O–H groups in total. The summed E-state index contributed by atoms with van der Waals surface area (Å²) in [7, 11) is -5.73. The molecular formula is C12H12F6O3S. The summed E-state index contributed by atoms with van der Waals surface area (Å²) in [6.45, 7) is 0. The van der Waals surface area contributed by atoms with Crippen LogP contribution in [0.3, 0.4) is 0 Å². The molecule has 0 aliphatic heterocycles. The van der Waals surface area contributed by atoms with Gasteiger partial charge in [-0.15, -0.1) is 0 Å². The summed E-state index contributed by atoms with van der Waals surface area (Å²) in [6, 6.07) is 4.63. The van der Waals surface area contributed by atoms with Crippen LogP contribution in [0.2, 0.25) is 0 Å². The maximum absolute atomic E-state index is 12.1. The maximum atomic E-state index is 12.1. The number of hydrogen-bond donors (Lipinski definition) is 0. The highest BCUT2D eigenvalue weighted by molar-refractivity contribution is 7.87. The second-order valence-electron chi connectivity index (χ2n) is 4.45. The molecule has 126 valence electrons. The summed E-state index contributed by atoms with van der Waals surface area (Å²) in [5, 5.41) is 0. The number of benzene rings is 1. The van der Waals surface area contributed by atoms with Gasteiger partial charge in [-0.2, -0.15) is 34.8 Å². The third kappa shape index (κ3) is 6.12. The molecule has 0 heterocycles. The first-order valence-electron chi connectivity index (χ1n) is 6.07. The number of aryl methyl sites for hydroxylation is 1. The van der Waals surface area contributed by atoms with E-state index < -0.39 is 34.0 Å². The van der Waals surface area contributed by atoms with Crippen LogP contribution in [0, 0.1) is 0 Å². The normalized spacial score (nSPS) is 13.2. The van der Waals surface area contributed by atoms with Gasteiger partial charge in [-0.05, 0) is 37.0 Å². The van der Waals surface area contributed by atoms with Gasteiger partial charge in [-0.25, -0.2) is 0 Å². The van der Waals surface area contributed by atoms with Gasteiger partial charge in [-0.1, -0.05) is 12.1 Å². The summed E-state index contributed by atoms with van der Waals surface area (Å²) in [5.74, 6) is -0.517. The number of rotatable bonds is 6. The standard InChI is InChI=1S/C12H12F6O3S/c13-11(14,15)8-2-1-3-9-4-6-10(7-5-9)21-22(19,20)12(16,17)18/h4-7H,1-3,8H2. The lowest BCUT2D eigenvalue weighted by Gasteiger charge is -2.10. The number of hydrogen-bond acceptors (Lipinski definition) is 3. The molecule has 0 bridgehead atoms. The molecule has 0 spiro atoms. The highest BCUT2D eigenvalue weighted by Crippen LogP contribution is 2.27. The number of alkyl halides is 6. The minimum absolute atomic E-state index is 0.0653. The Hall–Kier alpha value is -1.45. The van der Waals surface area contributed by atoms with Crippen LogP contribution < -0.4 is 4.18 Å². The molecule has 0 aliphatic rings. The van der Waals surface area contributed by atoms with Gasteiger partial charge in [0, 0.05) is 6.42 Å². The van der Waals surface area contributed by atoms with Crippen molar-refractivity contribution >= 4 is 10.1 Å². The van der Waals surface area contributed by atoms with E-state index >= 15 is 0 Å². The molecule has 10 heteroatoms. The predicted molar refractivity (Wildman–Crippen MR) is 65.7 cm³/mol. The largest absolute Gasteiger partial charge is 0.534 e.